The molecule has 0 amide bonds. The van der Waals surface area contributed by atoms with E-state index in [1.54, 1.807) is 24.3 Å². The van der Waals surface area contributed by atoms with E-state index < -0.39 is 5.82 Å². The lowest BCUT2D eigenvalue weighted by molar-refractivity contribution is 0.633. The Bertz CT molecular complexity index is 605. The van der Waals surface area contributed by atoms with E-state index >= 15 is 0 Å². The molecule has 94 valence electrons. The van der Waals surface area contributed by atoms with Gasteiger partial charge in [0.2, 0.25) is 0 Å². The van der Waals surface area contributed by atoms with Crippen molar-refractivity contribution in [2.24, 2.45) is 0 Å². The van der Waals surface area contributed by atoms with Crippen molar-refractivity contribution in [3.63, 3.8) is 0 Å². The fourth-order valence-corrected chi connectivity index (χ4v) is 2.23. The second-order valence-corrected chi connectivity index (χ2v) is 5.16. The molecule has 2 nitrogen and oxygen atoms in total. The minimum Gasteiger partial charge on any atom is -0.395 e. The lowest BCUT2D eigenvalue weighted by atomic mass is 10.2. The van der Waals surface area contributed by atoms with Crippen LogP contribution in [0.2, 0.25) is 10.0 Å². The summed E-state index contributed by atoms with van der Waals surface area (Å²) in [5.74, 6) is -0.487. The summed E-state index contributed by atoms with van der Waals surface area (Å²) >= 11 is 15.3. The average molecular weight is 350 g/mol. The zero-order chi connectivity index (χ0) is 13.3. The van der Waals surface area contributed by atoms with Crippen LogP contribution in [-0.4, -0.2) is 0 Å². The van der Waals surface area contributed by atoms with Gasteiger partial charge in [-0.05, 0) is 40.2 Å². The second kappa shape index (κ2) is 5.34. The lowest BCUT2D eigenvalue weighted by Gasteiger charge is -2.12. The van der Waals surface area contributed by atoms with Crippen molar-refractivity contribution < 1.29 is 4.39 Å². The number of rotatable bonds is 2. The summed E-state index contributed by atoms with van der Waals surface area (Å²) in [6.07, 6.45) is 0. The first-order valence-electron chi connectivity index (χ1n) is 4.95. The van der Waals surface area contributed by atoms with E-state index in [0.717, 1.165) is 0 Å². The number of hydrogen-bond donors (Lipinski definition) is 2. The summed E-state index contributed by atoms with van der Waals surface area (Å²) in [5.41, 5.74) is 6.66. The highest BCUT2D eigenvalue weighted by molar-refractivity contribution is 9.10. The highest BCUT2D eigenvalue weighted by Crippen LogP contribution is 2.38. The van der Waals surface area contributed by atoms with Crippen molar-refractivity contribution in [3.8, 4) is 0 Å². The number of hydrogen-bond acceptors (Lipinski definition) is 2. The van der Waals surface area contributed by atoms with E-state index in [9.17, 15) is 4.39 Å². The summed E-state index contributed by atoms with van der Waals surface area (Å²) in [6.45, 7) is 0. The Hall–Kier alpha value is -0.970. The van der Waals surface area contributed by atoms with Crippen LogP contribution in [0.3, 0.4) is 0 Å². The molecule has 18 heavy (non-hydrogen) atoms. The summed E-state index contributed by atoms with van der Waals surface area (Å²) in [4.78, 5) is 0. The fourth-order valence-electron chi connectivity index (χ4n) is 1.41. The minimum atomic E-state index is -0.487. The topological polar surface area (TPSA) is 38.0 Å². The maximum atomic E-state index is 13.3. The molecule has 0 saturated carbocycles. The van der Waals surface area contributed by atoms with Gasteiger partial charge in [-0.2, -0.15) is 0 Å². The Balaban J connectivity index is 2.41. The van der Waals surface area contributed by atoms with Crippen LogP contribution in [0.1, 0.15) is 0 Å². The maximum absolute atomic E-state index is 13.3. The Labute approximate surface area is 122 Å². The van der Waals surface area contributed by atoms with Gasteiger partial charge in [0.25, 0.3) is 0 Å². The van der Waals surface area contributed by atoms with Crippen molar-refractivity contribution in [1.29, 1.82) is 0 Å². The zero-order valence-corrected chi connectivity index (χ0v) is 12.1. The molecule has 0 bridgehead atoms. The highest BCUT2D eigenvalue weighted by atomic mass is 79.9. The van der Waals surface area contributed by atoms with Gasteiger partial charge in [-0.3, -0.25) is 0 Å². The van der Waals surface area contributed by atoms with Crippen molar-refractivity contribution >= 4 is 56.2 Å². The molecule has 0 spiro atoms. The Morgan fingerprint density at radius 1 is 1.06 bits per heavy atom. The van der Waals surface area contributed by atoms with E-state index in [4.69, 9.17) is 28.9 Å². The van der Waals surface area contributed by atoms with Crippen molar-refractivity contribution in [1.82, 2.24) is 0 Å². The Morgan fingerprint density at radius 2 is 1.78 bits per heavy atom. The molecule has 0 aliphatic rings. The zero-order valence-electron chi connectivity index (χ0n) is 8.98. The van der Waals surface area contributed by atoms with Crippen molar-refractivity contribution in [2.45, 2.75) is 0 Å². The summed E-state index contributed by atoms with van der Waals surface area (Å²) in [7, 11) is 0. The number of benzene rings is 2. The fraction of sp³-hybridized carbons (Fsp3) is 0. The number of anilines is 3. The van der Waals surface area contributed by atoms with Gasteiger partial charge in [0, 0.05) is 4.47 Å². The largest absolute Gasteiger partial charge is 0.395 e. The molecule has 0 aliphatic carbocycles. The second-order valence-electron chi connectivity index (χ2n) is 3.55. The molecule has 2 rings (SSSR count). The molecule has 0 heterocycles. The van der Waals surface area contributed by atoms with Crippen LogP contribution in [0.25, 0.3) is 0 Å². The van der Waals surface area contributed by atoms with E-state index in [1.165, 1.54) is 6.07 Å². The number of nitrogens with one attached hydrogen (secondary N) is 1. The van der Waals surface area contributed by atoms with Gasteiger partial charge in [0.15, 0.2) is 0 Å². The molecule has 0 aromatic heterocycles. The standard InChI is InChI=1S/C12H8BrCl2FN2/c13-6-4-5-8(11(15)10(6)14)18-9-3-1-2-7(16)12(9)17/h1-5,18H,17H2. The molecule has 0 unspecified atom stereocenters. The number of nitrogen functional groups attached to an aromatic ring is 1. The lowest BCUT2D eigenvalue weighted by Crippen LogP contribution is -1.99. The molecular weight excluding hydrogens is 342 g/mol. The van der Waals surface area contributed by atoms with Crippen LogP contribution in [-0.2, 0) is 0 Å². The van der Waals surface area contributed by atoms with Gasteiger partial charge < -0.3 is 11.1 Å². The molecule has 6 heteroatoms. The van der Waals surface area contributed by atoms with Crippen LogP contribution in [0.5, 0.6) is 0 Å². The van der Waals surface area contributed by atoms with Gasteiger partial charge in [0.1, 0.15) is 5.82 Å². The Morgan fingerprint density at radius 3 is 2.50 bits per heavy atom. The normalized spacial score (nSPS) is 10.4. The van der Waals surface area contributed by atoms with Crippen LogP contribution < -0.4 is 11.1 Å². The van der Waals surface area contributed by atoms with Gasteiger partial charge in [-0.1, -0.05) is 29.3 Å². The monoisotopic (exact) mass is 348 g/mol. The van der Waals surface area contributed by atoms with Gasteiger partial charge >= 0.3 is 0 Å². The first-order valence-corrected chi connectivity index (χ1v) is 6.50. The highest BCUT2D eigenvalue weighted by Gasteiger charge is 2.10. The first kappa shape index (κ1) is 13.5. The number of halogens is 4. The summed E-state index contributed by atoms with van der Waals surface area (Å²) < 4.78 is 14.0. The average Bonchev–Trinajstić information content (AvgIpc) is 2.35. The molecule has 2 aromatic rings. The van der Waals surface area contributed by atoms with Crippen LogP contribution in [0.15, 0.2) is 34.8 Å². The van der Waals surface area contributed by atoms with Crippen LogP contribution >= 0.6 is 39.1 Å². The molecule has 0 fully saturated rings. The molecule has 3 N–H and O–H groups in total. The molecule has 0 saturated heterocycles. The van der Waals surface area contributed by atoms with Gasteiger partial charge in [-0.15, -0.1) is 0 Å². The van der Waals surface area contributed by atoms with E-state index in [-0.39, 0.29) is 5.69 Å². The van der Waals surface area contributed by atoms with E-state index in [2.05, 4.69) is 21.2 Å². The molecule has 0 radical (unpaired) electrons. The third-order valence-electron chi connectivity index (χ3n) is 2.36. The Kier molecular flexibility index (Phi) is 4.00. The molecular formula is C12H8BrCl2FN2. The predicted octanol–water partition coefficient (Wildman–Crippen LogP) is 5.22. The van der Waals surface area contributed by atoms with Gasteiger partial charge in [0.05, 0.1) is 27.1 Å². The van der Waals surface area contributed by atoms with Gasteiger partial charge in [-0.25, -0.2) is 4.39 Å². The van der Waals surface area contributed by atoms with E-state index in [1.807, 2.05) is 0 Å². The SMILES string of the molecule is Nc1c(F)cccc1Nc1ccc(Br)c(Cl)c1Cl. The minimum absolute atomic E-state index is 0.0348. The number of para-hydroxylation sites is 1. The molecule has 2 aromatic carbocycles. The summed E-state index contributed by atoms with van der Waals surface area (Å²) in [6, 6.07) is 7.97. The third-order valence-corrected chi connectivity index (χ3v) is 4.13. The van der Waals surface area contributed by atoms with Crippen molar-refractivity contribution in [3.05, 3.63) is 50.7 Å². The van der Waals surface area contributed by atoms with Crippen LogP contribution in [0.4, 0.5) is 21.5 Å². The maximum Gasteiger partial charge on any atom is 0.148 e. The van der Waals surface area contributed by atoms with Crippen LogP contribution in [0, 0.1) is 5.82 Å². The number of nitrogens with two attached hydrogens (primary N) is 1. The predicted molar refractivity (Wildman–Crippen MR) is 78.3 cm³/mol. The molecule has 0 aliphatic heterocycles. The molecule has 0 atom stereocenters. The quantitative estimate of drug-likeness (QED) is 0.576. The first-order chi connectivity index (χ1) is 8.50. The third kappa shape index (κ3) is 2.55. The van der Waals surface area contributed by atoms with E-state index in [0.29, 0.717) is 25.9 Å². The van der Waals surface area contributed by atoms with Crippen molar-refractivity contribution in [2.75, 3.05) is 11.1 Å². The summed E-state index contributed by atoms with van der Waals surface area (Å²) in [5, 5.41) is 3.68. The smallest absolute Gasteiger partial charge is 0.148 e.